The van der Waals surface area contributed by atoms with Crippen molar-refractivity contribution >= 4 is 11.8 Å². The molecule has 0 heterocycles. The van der Waals surface area contributed by atoms with Crippen LogP contribution >= 0.6 is 11.8 Å². The second kappa shape index (κ2) is 8.57. The summed E-state index contributed by atoms with van der Waals surface area (Å²) >= 11 is 1.98. The van der Waals surface area contributed by atoms with E-state index in [1.54, 1.807) is 0 Å². The minimum atomic E-state index is 0.431. The summed E-state index contributed by atoms with van der Waals surface area (Å²) in [5, 5.41) is 0.431. The molecule has 0 amide bonds. The van der Waals surface area contributed by atoms with Crippen LogP contribution < -0.4 is 5.73 Å². The van der Waals surface area contributed by atoms with Crippen molar-refractivity contribution < 1.29 is 0 Å². The average molecular weight is 266 g/mol. The molecule has 1 rings (SSSR count). The first-order chi connectivity index (χ1) is 8.71. The Morgan fingerprint density at radius 1 is 1.28 bits per heavy atom. The fourth-order valence-electron chi connectivity index (χ4n) is 2.03. The summed E-state index contributed by atoms with van der Waals surface area (Å²) in [6, 6.07) is 8.70. The average Bonchev–Trinajstić information content (AvgIpc) is 2.39. The molecule has 0 aromatic heterocycles. The van der Waals surface area contributed by atoms with Crippen LogP contribution in [0.4, 0.5) is 0 Å². The molecule has 2 N–H and O–H groups in total. The first-order valence-electron chi connectivity index (χ1n) is 6.81. The van der Waals surface area contributed by atoms with Gasteiger partial charge in [-0.05, 0) is 25.6 Å². The van der Waals surface area contributed by atoms with Gasteiger partial charge in [0, 0.05) is 24.1 Å². The highest BCUT2D eigenvalue weighted by Crippen LogP contribution is 2.28. The number of rotatable bonds is 8. The van der Waals surface area contributed by atoms with E-state index < -0.39 is 0 Å². The maximum absolute atomic E-state index is 5.90. The van der Waals surface area contributed by atoms with Crippen LogP contribution in [0.25, 0.3) is 0 Å². The topological polar surface area (TPSA) is 29.3 Å². The van der Waals surface area contributed by atoms with Gasteiger partial charge in [-0.2, -0.15) is 11.8 Å². The molecular formula is C15H26N2S. The predicted octanol–water partition coefficient (Wildman–Crippen LogP) is 3.07. The predicted molar refractivity (Wildman–Crippen MR) is 83.2 cm³/mol. The van der Waals surface area contributed by atoms with E-state index in [0.717, 1.165) is 25.4 Å². The van der Waals surface area contributed by atoms with Crippen molar-refractivity contribution in [3.8, 4) is 0 Å². The van der Waals surface area contributed by atoms with Crippen LogP contribution in [0.2, 0.25) is 0 Å². The van der Waals surface area contributed by atoms with Gasteiger partial charge in [0.15, 0.2) is 0 Å². The zero-order valence-electron chi connectivity index (χ0n) is 11.9. The minimum absolute atomic E-state index is 0.431. The van der Waals surface area contributed by atoms with Crippen molar-refractivity contribution in [2.75, 3.05) is 31.9 Å². The van der Waals surface area contributed by atoms with Crippen LogP contribution in [0.15, 0.2) is 24.3 Å². The fraction of sp³-hybridized carbons (Fsp3) is 0.600. The molecule has 102 valence electrons. The van der Waals surface area contributed by atoms with Crippen molar-refractivity contribution in [3.63, 3.8) is 0 Å². The molecule has 0 saturated heterocycles. The summed E-state index contributed by atoms with van der Waals surface area (Å²) in [6.07, 6.45) is 0. The lowest BCUT2D eigenvalue weighted by Crippen LogP contribution is -2.26. The molecule has 0 bridgehead atoms. The van der Waals surface area contributed by atoms with Crippen molar-refractivity contribution in [1.82, 2.24) is 4.90 Å². The van der Waals surface area contributed by atoms with E-state index in [9.17, 15) is 0 Å². The Labute approximate surface area is 116 Å². The monoisotopic (exact) mass is 266 g/mol. The number of benzene rings is 1. The van der Waals surface area contributed by atoms with Gasteiger partial charge in [0.25, 0.3) is 0 Å². The zero-order valence-corrected chi connectivity index (χ0v) is 12.7. The number of hydrogen-bond donors (Lipinski definition) is 1. The van der Waals surface area contributed by atoms with Crippen molar-refractivity contribution in [3.05, 3.63) is 35.4 Å². The van der Waals surface area contributed by atoms with E-state index in [1.807, 2.05) is 11.8 Å². The number of thioether (sulfide) groups is 1. The van der Waals surface area contributed by atoms with Gasteiger partial charge in [-0.3, -0.25) is 0 Å². The fourth-order valence-corrected chi connectivity index (χ4v) is 3.16. The first-order valence-corrected chi connectivity index (χ1v) is 7.86. The third-order valence-corrected chi connectivity index (χ3v) is 4.53. The maximum atomic E-state index is 5.90. The van der Waals surface area contributed by atoms with Crippen LogP contribution in [0.1, 0.15) is 30.2 Å². The molecule has 0 aliphatic rings. The second-order valence-corrected chi connectivity index (χ2v) is 5.85. The van der Waals surface area contributed by atoms with E-state index in [1.165, 1.54) is 11.1 Å². The molecule has 0 radical (unpaired) electrons. The van der Waals surface area contributed by atoms with Crippen LogP contribution in [-0.4, -0.2) is 36.8 Å². The Morgan fingerprint density at radius 3 is 2.56 bits per heavy atom. The molecule has 0 spiro atoms. The van der Waals surface area contributed by atoms with Crippen molar-refractivity contribution in [1.29, 1.82) is 0 Å². The molecule has 18 heavy (non-hydrogen) atoms. The molecule has 1 aromatic rings. The number of nitrogens with zero attached hydrogens (tertiary/aromatic N) is 1. The van der Waals surface area contributed by atoms with Crippen LogP contribution in [0, 0.1) is 6.92 Å². The maximum Gasteiger partial charge on any atom is 0.0420 e. The summed E-state index contributed by atoms with van der Waals surface area (Å²) in [4.78, 5) is 2.46. The Kier molecular flexibility index (Phi) is 7.40. The lowest BCUT2D eigenvalue weighted by atomic mass is 10.1. The van der Waals surface area contributed by atoms with Crippen molar-refractivity contribution in [2.24, 2.45) is 5.73 Å². The normalized spacial score (nSPS) is 12.9. The van der Waals surface area contributed by atoms with Gasteiger partial charge in [-0.1, -0.05) is 43.7 Å². The molecular weight excluding hydrogens is 240 g/mol. The highest BCUT2D eigenvalue weighted by atomic mass is 32.2. The summed E-state index contributed by atoms with van der Waals surface area (Å²) < 4.78 is 0. The van der Waals surface area contributed by atoms with Gasteiger partial charge in [-0.25, -0.2) is 0 Å². The Bertz CT molecular complexity index is 337. The number of hydrogen-bond acceptors (Lipinski definition) is 3. The molecule has 0 saturated carbocycles. The third-order valence-electron chi connectivity index (χ3n) is 3.25. The van der Waals surface area contributed by atoms with E-state index in [-0.39, 0.29) is 0 Å². The second-order valence-electron chi connectivity index (χ2n) is 4.54. The quantitative estimate of drug-likeness (QED) is 0.784. The van der Waals surface area contributed by atoms with E-state index >= 15 is 0 Å². The third kappa shape index (κ3) is 5.01. The molecule has 3 heteroatoms. The number of nitrogens with two attached hydrogens (primary N) is 1. The highest BCUT2D eigenvalue weighted by Gasteiger charge is 2.10. The highest BCUT2D eigenvalue weighted by molar-refractivity contribution is 7.99. The first kappa shape index (κ1) is 15.5. The minimum Gasteiger partial charge on any atom is -0.329 e. The van der Waals surface area contributed by atoms with Gasteiger partial charge >= 0.3 is 0 Å². The van der Waals surface area contributed by atoms with Crippen LogP contribution in [0.5, 0.6) is 0 Å². The molecule has 0 aliphatic carbocycles. The van der Waals surface area contributed by atoms with Crippen LogP contribution in [0.3, 0.4) is 0 Å². The molecule has 1 unspecified atom stereocenters. The SMILES string of the molecule is CCN(CC)CCSC(CN)c1cccc(C)c1. The van der Waals surface area contributed by atoms with Gasteiger partial charge < -0.3 is 10.6 Å². The largest absolute Gasteiger partial charge is 0.329 e. The lowest BCUT2D eigenvalue weighted by molar-refractivity contribution is 0.324. The van der Waals surface area contributed by atoms with Gasteiger partial charge in [0.1, 0.15) is 0 Å². The lowest BCUT2D eigenvalue weighted by Gasteiger charge is -2.20. The molecule has 2 nitrogen and oxygen atoms in total. The van der Waals surface area contributed by atoms with E-state index in [0.29, 0.717) is 11.8 Å². The smallest absolute Gasteiger partial charge is 0.0420 e. The van der Waals surface area contributed by atoms with Gasteiger partial charge in [0.2, 0.25) is 0 Å². The van der Waals surface area contributed by atoms with Crippen LogP contribution in [-0.2, 0) is 0 Å². The van der Waals surface area contributed by atoms with E-state index in [4.69, 9.17) is 5.73 Å². The molecule has 0 aliphatic heterocycles. The summed E-state index contributed by atoms with van der Waals surface area (Å²) in [5.41, 5.74) is 8.58. The molecule has 1 aromatic carbocycles. The Balaban J connectivity index is 2.47. The van der Waals surface area contributed by atoms with Gasteiger partial charge in [-0.15, -0.1) is 0 Å². The van der Waals surface area contributed by atoms with Crippen molar-refractivity contribution in [2.45, 2.75) is 26.0 Å². The Morgan fingerprint density at radius 2 is 2.00 bits per heavy atom. The summed E-state index contributed by atoms with van der Waals surface area (Å²) in [5.74, 6) is 1.15. The zero-order chi connectivity index (χ0) is 13.4. The molecule has 0 fully saturated rings. The summed E-state index contributed by atoms with van der Waals surface area (Å²) in [7, 11) is 0. The van der Waals surface area contributed by atoms with Gasteiger partial charge in [0.05, 0.1) is 0 Å². The Hall–Kier alpha value is -0.510. The summed E-state index contributed by atoms with van der Waals surface area (Å²) in [6.45, 7) is 10.7. The molecule has 1 atom stereocenters. The number of aryl methyl sites for hydroxylation is 1. The van der Waals surface area contributed by atoms with E-state index in [2.05, 4.69) is 49.9 Å². The standard InChI is InChI=1S/C15H26N2S/c1-4-17(5-2)9-10-18-15(12-16)14-8-6-7-13(3)11-14/h6-8,11,15H,4-5,9-10,12,16H2,1-3H3.